The molecule has 0 saturated carbocycles. The van der Waals surface area contributed by atoms with Crippen LogP contribution in [0.1, 0.15) is 24.1 Å². The standard InChI is InChI=1S/C19H17Cl2N3OS/c1-10-6-8-12(9-7-10)23-18(25)15-11(2)22-19(26)24-17(15)13-4-3-5-14(20)16(13)21/h3-9,17H,1-2H3,(H,23,25)(H2,22,24,26)/t17-/m0/s1. The third-order valence-corrected chi connectivity index (χ3v) is 5.17. The molecule has 2 aromatic rings. The molecule has 1 aliphatic heterocycles. The van der Waals surface area contributed by atoms with Crippen molar-refractivity contribution in [2.45, 2.75) is 19.9 Å². The summed E-state index contributed by atoms with van der Waals surface area (Å²) in [5.41, 5.74) is 3.69. The number of thiocarbonyl (C=S) groups is 1. The first-order valence-electron chi connectivity index (χ1n) is 7.97. The highest BCUT2D eigenvalue weighted by Crippen LogP contribution is 2.35. The highest BCUT2D eigenvalue weighted by Gasteiger charge is 2.31. The second-order valence-electron chi connectivity index (χ2n) is 6.03. The number of anilines is 1. The minimum absolute atomic E-state index is 0.241. The number of nitrogens with one attached hydrogen (secondary N) is 3. The van der Waals surface area contributed by atoms with Crippen LogP contribution in [0, 0.1) is 6.92 Å². The van der Waals surface area contributed by atoms with Crippen LogP contribution >= 0.6 is 35.4 Å². The molecule has 0 saturated heterocycles. The van der Waals surface area contributed by atoms with Crippen molar-refractivity contribution in [2.24, 2.45) is 0 Å². The Morgan fingerprint density at radius 2 is 1.81 bits per heavy atom. The van der Waals surface area contributed by atoms with Gasteiger partial charge in [-0.15, -0.1) is 0 Å². The van der Waals surface area contributed by atoms with Gasteiger partial charge in [0.25, 0.3) is 5.91 Å². The molecule has 1 aliphatic rings. The normalized spacial score (nSPS) is 16.8. The highest BCUT2D eigenvalue weighted by atomic mass is 35.5. The monoisotopic (exact) mass is 405 g/mol. The predicted molar refractivity (Wildman–Crippen MR) is 111 cm³/mol. The Morgan fingerprint density at radius 1 is 1.12 bits per heavy atom. The number of amides is 1. The number of rotatable bonds is 3. The van der Waals surface area contributed by atoms with Crippen LogP contribution in [0.3, 0.4) is 0 Å². The summed E-state index contributed by atoms with van der Waals surface area (Å²) in [7, 11) is 0. The smallest absolute Gasteiger partial charge is 0.255 e. The van der Waals surface area contributed by atoms with Gasteiger partial charge in [-0.2, -0.15) is 0 Å². The van der Waals surface area contributed by atoms with E-state index in [0.717, 1.165) is 5.56 Å². The minimum atomic E-state index is -0.500. The molecule has 1 amide bonds. The Balaban J connectivity index is 1.99. The lowest BCUT2D eigenvalue weighted by atomic mass is 9.94. The maximum absolute atomic E-state index is 13.0. The summed E-state index contributed by atoms with van der Waals surface area (Å²) < 4.78 is 0. The first kappa shape index (κ1) is 18.7. The second-order valence-corrected chi connectivity index (χ2v) is 7.23. The van der Waals surface area contributed by atoms with E-state index in [-0.39, 0.29) is 5.91 Å². The minimum Gasteiger partial charge on any atom is -0.351 e. The second kappa shape index (κ2) is 7.66. The molecule has 1 atom stereocenters. The summed E-state index contributed by atoms with van der Waals surface area (Å²) in [6, 6.07) is 12.4. The van der Waals surface area contributed by atoms with E-state index in [2.05, 4.69) is 16.0 Å². The van der Waals surface area contributed by atoms with E-state index in [1.54, 1.807) is 12.1 Å². The summed E-state index contributed by atoms with van der Waals surface area (Å²) in [4.78, 5) is 13.0. The molecular weight excluding hydrogens is 389 g/mol. The summed E-state index contributed by atoms with van der Waals surface area (Å²) in [5, 5.41) is 10.3. The first-order chi connectivity index (χ1) is 12.4. The maximum atomic E-state index is 13.0. The van der Waals surface area contributed by atoms with Crippen molar-refractivity contribution in [1.82, 2.24) is 10.6 Å². The van der Waals surface area contributed by atoms with Crippen LogP contribution < -0.4 is 16.0 Å². The third kappa shape index (κ3) is 3.85. The van der Waals surface area contributed by atoms with Crippen LogP contribution in [0.15, 0.2) is 53.7 Å². The number of hydrogen-bond acceptors (Lipinski definition) is 2. The van der Waals surface area contributed by atoms with Crippen molar-refractivity contribution < 1.29 is 4.79 Å². The van der Waals surface area contributed by atoms with Gasteiger partial charge < -0.3 is 16.0 Å². The highest BCUT2D eigenvalue weighted by molar-refractivity contribution is 7.80. The van der Waals surface area contributed by atoms with Crippen LogP contribution in [0.25, 0.3) is 0 Å². The van der Waals surface area contributed by atoms with Crippen LogP contribution in [-0.4, -0.2) is 11.0 Å². The lowest BCUT2D eigenvalue weighted by molar-refractivity contribution is -0.113. The molecular formula is C19H17Cl2N3OS. The summed E-state index contributed by atoms with van der Waals surface area (Å²) in [6.45, 7) is 3.80. The number of halogens is 2. The number of carbonyl (C=O) groups excluding carboxylic acids is 1. The largest absolute Gasteiger partial charge is 0.351 e. The predicted octanol–water partition coefficient (Wildman–Crippen LogP) is 4.73. The van der Waals surface area contributed by atoms with Gasteiger partial charge in [0.2, 0.25) is 0 Å². The first-order valence-corrected chi connectivity index (χ1v) is 9.13. The van der Waals surface area contributed by atoms with Crippen molar-refractivity contribution in [3.8, 4) is 0 Å². The average molecular weight is 406 g/mol. The summed E-state index contributed by atoms with van der Waals surface area (Å²) in [5.74, 6) is -0.241. The van der Waals surface area contributed by atoms with E-state index in [1.807, 2.05) is 44.2 Å². The van der Waals surface area contributed by atoms with E-state index in [0.29, 0.717) is 37.7 Å². The Morgan fingerprint density at radius 3 is 2.50 bits per heavy atom. The molecule has 0 unspecified atom stereocenters. The fourth-order valence-corrected chi connectivity index (χ4v) is 3.49. The molecule has 2 aromatic carbocycles. The van der Waals surface area contributed by atoms with Crippen molar-refractivity contribution >= 4 is 52.1 Å². The molecule has 1 heterocycles. The number of hydrogen-bond donors (Lipinski definition) is 3. The van der Waals surface area contributed by atoms with E-state index in [4.69, 9.17) is 35.4 Å². The van der Waals surface area contributed by atoms with Crippen LogP contribution in [-0.2, 0) is 4.79 Å². The average Bonchev–Trinajstić information content (AvgIpc) is 2.58. The van der Waals surface area contributed by atoms with E-state index in [1.165, 1.54) is 0 Å². The van der Waals surface area contributed by atoms with Gasteiger partial charge in [-0.05, 0) is 49.8 Å². The topological polar surface area (TPSA) is 53.2 Å². The molecule has 3 N–H and O–H groups in total. The Bertz CT molecular complexity index is 910. The Kier molecular flexibility index (Phi) is 5.51. The van der Waals surface area contributed by atoms with Crippen molar-refractivity contribution in [3.05, 3.63) is 74.9 Å². The molecule has 0 aliphatic carbocycles. The van der Waals surface area contributed by atoms with Gasteiger partial charge in [-0.3, -0.25) is 4.79 Å². The van der Waals surface area contributed by atoms with Gasteiger partial charge in [-0.1, -0.05) is 53.0 Å². The van der Waals surface area contributed by atoms with Gasteiger partial charge in [0.15, 0.2) is 5.11 Å². The van der Waals surface area contributed by atoms with Gasteiger partial charge in [0.1, 0.15) is 0 Å². The summed E-state index contributed by atoms with van der Waals surface area (Å²) >= 11 is 17.8. The quantitative estimate of drug-likeness (QED) is 0.645. The Hall–Kier alpha value is -2.08. The lowest BCUT2D eigenvalue weighted by Gasteiger charge is -2.31. The lowest BCUT2D eigenvalue weighted by Crippen LogP contribution is -2.45. The molecule has 0 fully saturated rings. The molecule has 4 nitrogen and oxygen atoms in total. The van der Waals surface area contributed by atoms with Crippen LogP contribution in [0.5, 0.6) is 0 Å². The molecule has 0 spiro atoms. The zero-order valence-electron chi connectivity index (χ0n) is 14.2. The SMILES string of the molecule is CC1=C(C(=O)Nc2ccc(C)cc2)[C@H](c2cccc(Cl)c2Cl)NC(=S)N1. The molecule has 0 bridgehead atoms. The maximum Gasteiger partial charge on any atom is 0.255 e. The third-order valence-electron chi connectivity index (χ3n) is 4.12. The summed E-state index contributed by atoms with van der Waals surface area (Å²) in [6.07, 6.45) is 0. The van der Waals surface area contributed by atoms with E-state index in [9.17, 15) is 4.79 Å². The zero-order valence-corrected chi connectivity index (χ0v) is 16.5. The van der Waals surface area contributed by atoms with Crippen LogP contribution in [0.4, 0.5) is 5.69 Å². The molecule has 134 valence electrons. The molecule has 0 radical (unpaired) electrons. The van der Waals surface area contributed by atoms with Gasteiger partial charge in [-0.25, -0.2) is 0 Å². The zero-order chi connectivity index (χ0) is 18.8. The van der Waals surface area contributed by atoms with Crippen LogP contribution in [0.2, 0.25) is 10.0 Å². The number of aryl methyl sites for hydroxylation is 1. The van der Waals surface area contributed by atoms with Gasteiger partial charge in [0, 0.05) is 11.4 Å². The number of carbonyl (C=O) groups is 1. The number of allylic oxidation sites excluding steroid dienone is 1. The van der Waals surface area contributed by atoms with Crippen molar-refractivity contribution in [2.75, 3.05) is 5.32 Å². The fourth-order valence-electron chi connectivity index (χ4n) is 2.81. The van der Waals surface area contributed by atoms with Gasteiger partial charge in [0.05, 0.1) is 21.7 Å². The fraction of sp³-hybridized carbons (Fsp3) is 0.158. The Labute approximate surface area is 167 Å². The van der Waals surface area contributed by atoms with Crippen molar-refractivity contribution in [1.29, 1.82) is 0 Å². The van der Waals surface area contributed by atoms with Crippen molar-refractivity contribution in [3.63, 3.8) is 0 Å². The number of benzene rings is 2. The van der Waals surface area contributed by atoms with E-state index >= 15 is 0 Å². The van der Waals surface area contributed by atoms with E-state index < -0.39 is 6.04 Å². The van der Waals surface area contributed by atoms with Gasteiger partial charge >= 0.3 is 0 Å². The molecule has 0 aromatic heterocycles. The molecule has 3 rings (SSSR count). The molecule has 26 heavy (non-hydrogen) atoms. The molecule has 7 heteroatoms.